The first kappa shape index (κ1) is 16.5. The summed E-state index contributed by atoms with van der Waals surface area (Å²) in [6.07, 6.45) is 2.82. The van der Waals surface area contributed by atoms with E-state index in [2.05, 4.69) is 42.5 Å². The fourth-order valence-corrected chi connectivity index (χ4v) is 3.88. The number of hydrogen-bond donors (Lipinski definition) is 2. The third-order valence-corrected chi connectivity index (χ3v) is 5.64. The first-order valence-electron chi connectivity index (χ1n) is 7.57. The Morgan fingerprint density at radius 3 is 2.57 bits per heavy atom. The fraction of sp³-hybridized carbons (Fsp3) is 0.333. The minimum Gasteiger partial charge on any atom is -0.504 e. The Morgan fingerprint density at radius 2 is 1.91 bits per heavy atom. The molecule has 0 fully saturated rings. The highest BCUT2D eigenvalue weighted by Crippen LogP contribution is 2.43. The molecule has 122 valence electrons. The highest BCUT2D eigenvalue weighted by molar-refractivity contribution is 7.98. The number of hydrogen-bond acceptors (Lipinski definition) is 4. The van der Waals surface area contributed by atoms with Gasteiger partial charge in [-0.1, -0.05) is 23.7 Å². The maximum absolute atomic E-state index is 10.0. The van der Waals surface area contributed by atoms with Crippen molar-refractivity contribution in [3.63, 3.8) is 0 Å². The SMILES string of the molecule is CSc1ccc(C2CN(C)CCc3c2cc(O)c(O)c3Cl)cc1. The van der Waals surface area contributed by atoms with Crippen molar-refractivity contribution in [3.05, 3.63) is 52.0 Å². The minimum absolute atomic E-state index is 0.123. The van der Waals surface area contributed by atoms with E-state index in [-0.39, 0.29) is 22.4 Å². The van der Waals surface area contributed by atoms with E-state index in [1.165, 1.54) is 10.5 Å². The van der Waals surface area contributed by atoms with Crippen LogP contribution in [-0.4, -0.2) is 41.5 Å². The van der Waals surface area contributed by atoms with E-state index < -0.39 is 0 Å². The first-order valence-corrected chi connectivity index (χ1v) is 9.17. The Labute approximate surface area is 145 Å². The Kier molecular flexibility index (Phi) is 4.76. The molecule has 0 amide bonds. The van der Waals surface area contributed by atoms with Gasteiger partial charge in [0.05, 0.1) is 5.02 Å². The molecular formula is C18H20ClNO2S. The van der Waals surface area contributed by atoms with Crippen LogP contribution in [0.3, 0.4) is 0 Å². The summed E-state index contributed by atoms with van der Waals surface area (Å²) in [6.45, 7) is 1.72. The van der Waals surface area contributed by atoms with Crippen molar-refractivity contribution >= 4 is 23.4 Å². The van der Waals surface area contributed by atoms with Crippen LogP contribution < -0.4 is 0 Å². The van der Waals surface area contributed by atoms with Gasteiger partial charge >= 0.3 is 0 Å². The van der Waals surface area contributed by atoms with Gasteiger partial charge in [0.1, 0.15) is 0 Å². The van der Waals surface area contributed by atoms with Crippen LogP contribution in [0.15, 0.2) is 35.2 Å². The zero-order valence-corrected chi connectivity index (χ0v) is 14.8. The molecular weight excluding hydrogens is 330 g/mol. The van der Waals surface area contributed by atoms with Crippen molar-refractivity contribution in [2.75, 3.05) is 26.4 Å². The Balaban J connectivity index is 2.12. The second kappa shape index (κ2) is 6.63. The molecule has 2 N–H and O–H groups in total. The molecule has 0 aromatic heterocycles. The van der Waals surface area contributed by atoms with Crippen LogP contribution >= 0.6 is 23.4 Å². The molecule has 0 aliphatic carbocycles. The lowest BCUT2D eigenvalue weighted by Crippen LogP contribution is -2.24. The lowest BCUT2D eigenvalue weighted by atomic mass is 9.87. The predicted molar refractivity (Wildman–Crippen MR) is 96.0 cm³/mol. The fourth-order valence-electron chi connectivity index (χ4n) is 3.18. The van der Waals surface area contributed by atoms with E-state index in [1.54, 1.807) is 17.8 Å². The number of aromatic hydroxyl groups is 2. The van der Waals surface area contributed by atoms with E-state index in [9.17, 15) is 10.2 Å². The number of benzene rings is 2. The Morgan fingerprint density at radius 1 is 1.22 bits per heavy atom. The van der Waals surface area contributed by atoms with Crippen LogP contribution in [0.4, 0.5) is 0 Å². The van der Waals surface area contributed by atoms with Gasteiger partial charge < -0.3 is 15.1 Å². The number of phenolic OH excluding ortho intramolecular Hbond substituents is 2. The van der Waals surface area contributed by atoms with Gasteiger partial charge in [0.25, 0.3) is 0 Å². The minimum atomic E-state index is -0.216. The number of fused-ring (bicyclic) bond motifs is 1. The van der Waals surface area contributed by atoms with Crippen LogP contribution in [-0.2, 0) is 6.42 Å². The number of phenols is 2. The van der Waals surface area contributed by atoms with Crippen molar-refractivity contribution < 1.29 is 10.2 Å². The molecule has 3 nitrogen and oxygen atoms in total. The zero-order valence-electron chi connectivity index (χ0n) is 13.2. The molecule has 0 saturated heterocycles. The maximum Gasteiger partial charge on any atom is 0.176 e. The molecule has 0 saturated carbocycles. The Hall–Kier alpha value is -1.36. The number of thioether (sulfide) groups is 1. The molecule has 1 aliphatic heterocycles. The normalized spacial score (nSPS) is 18.5. The van der Waals surface area contributed by atoms with Crippen molar-refractivity contribution in [2.45, 2.75) is 17.2 Å². The van der Waals surface area contributed by atoms with Crippen molar-refractivity contribution in [1.82, 2.24) is 4.90 Å². The molecule has 0 spiro atoms. The molecule has 0 radical (unpaired) electrons. The highest BCUT2D eigenvalue weighted by atomic mass is 35.5. The van der Waals surface area contributed by atoms with Gasteiger partial charge in [-0.3, -0.25) is 0 Å². The summed E-state index contributed by atoms with van der Waals surface area (Å²) in [4.78, 5) is 3.49. The van der Waals surface area contributed by atoms with E-state index in [1.807, 2.05) is 0 Å². The molecule has 0 bridgehead atoms. The van der Waals surface area contributed by atoms with Crippen LogP contribution in [0.1, 0.15) is 22.6 Å². The highest BCUT2D eigenvalue weighted by Gasteiger charge is 2.27. The quantitative estimate of drug-likeness (QED) is 0.633. The molecule has 5 heteroatoms. The third kappa shape index (κ3) is 3.16. The van der Waals surface area contributed by atoms with Crippen LogP contribution in [0.5, 0.6) is 11.5 Å². The summed E-state index contributed by atoms with van der Waals surface area (Å²) >= 11 is 8.02. The molecule has 2 aromatic rings. The topological polar surface area (TPSA) is 43.7 Å². The van der Waals surface area contributed by atoms with E-state index in [0.717, 1.165) is 30.6 Å². The third-order valence-electron chi connectivity index (χ3n) is 4.49. The first-order chi connectivity index (χ1) is 11.0. The average molecular weight is 350 g/mol. The smallest absolute Gasteiger partial charge is 0.176 e. The standard InChI is InChI=1S/C18H20ClNO2S/c1-20-8-7-13-14(9-16(21)18(22)17(13)19)15(10-20)11-3-5-12(23-2)6-4-11/h3-6,9,15,21-22H,7-8,10H2,1-2H3. The van der Waals surface area contributed by atoms with Gasteiger partial charge in [-0.05, 0) is 54.6 Å². The van der Waals surface area contributed by atoms with Crippen LogP contribution in [0.2, 0.25) is 5.02 Å². The second-order valence-corrected chi connectivity index (χ2v) is 7.22. The summed E-state index contributed by atoms with van der Waals surface area (Å²) in [5.41, 5.74) is 3.13. The number of likely N-dealkylation sites (N-methyl/N-ethyl adjacent to an activating group) is 1. The lowest BCUT2D eigenvalue weighted by Gasteiger charge is -2.23. The molecule has 2 aromatic carbocycles. The molecule has 23 heavy (non-hydrogen) atoms. The van der Waals surface area contributed by atoms with Gasteiger partial charge in [0.2, 0.25) is 0 Å². The summed E-state index contributed by atoms with van der Waals surface area (Å²) in [5.74, 6) is -0.243. The summed E-state index contributed by atoms with van der Waals surface area (Å²) < 4.78 is 0. The number of rotatable bonds is 2. The second-order valence-electron chi connectivity index (χ2n) is 5.96. The summed E-state index contributed by atoms with van der Waals surface area (Å²) in [6, 6.07) is 10.2. The largest absolute Gasteiger partial charge is 0.504 e. The Bertz CT molecular complexity index is 718. The molecule has 3 rings (SSSR count). The molecule has 1 atom stereocenters. The van der Waals surface area contributed by atoms with E-state index in [0.29, 0.717) is 0 Å². The predicted octanol–water partition coefficient (Wildman–Crippen LogP) is 4.09. The lowest BCUT2D eigenvalue weighted by molar-refractivity contribution is 0.338. The molecule has 1 unspecified atom stereocenters. The van der Waals surface area contributed by atoms with Gasteiger partial charge in [0.15, 0.2) is 11.5 Å². The van der Waals surface area contributed by atoms with Gasteiger partial charge in [-0.2, -0.15) is 0 Å². The number of halogens is 1. The van der Waals surface area contributed by atoms with E-state index >= 15 is 0 Å². The average Bonchev–Trinajstić information content (AvgIpc) is 2.72. The molecule has 1 aliphatic rings. The van der Waals surface area contributed by atoms with Gasteiger partial charge in [-0.25, -0.2) is 0 Å². The van der Waals surface area contributed by atoms with Crippen molar-refractivity contribution in [3.8, 4) is 11.5 Å². The summed E-state index contributed by atoms with van der Waals surface area (Å²) in [7, 11) is 2.09. The van der Waals surface area contributed by atoms with Gasteiger partial charge in [0, 0.05) is 23.9 Å². The van der Waals surface area contributed by atoms with Crippen molar-refractivity contribution in [2.24, 2.45) is 0 Å². The zero-order chi connectivity index (χ0) is 16.6. The summed E-state index contributed by atoms with van der Waals surface area (Å²) in [5, 5.41) is 20.2. The van der Waals surface area contributed by atoms with Crippen LogP contribution in [0, 0.1) is 0 Å². The van der Waals surface area contributed by atoms with E-state index in [4.69, 9.17) is 11.6 Å². The van der Waals surface area contributed by atoms with Crippen LogP contribution in [0.25, 0.3) is 0 Å². The molecule has 1 heterocycles. The maximum atomic E-state index is 10.0. The van der Waals surface area contributed by atoms with Gasteiger partial charge in [-0.15, -0.1) is 11.8 Å². The monoisotopic (exact) mass is 349 g/mol. The van der Waals surface area contributed by atoms with Crippen molar-refractivity contribution in [1.29, 1.82) is 0 Å². The number of nitrogens with zero attached hydrogens (tertiary/aromatic N) is 1.